The Kier molecular flexibility index (Phi) is 8.02. The van der Waals surface area contributed by atoms with Gasteiger partial charge < -0.3 is 9.47 Å². The van der Waals surface area contributed by atoms with E-state index in [2.05, 4.69) is 18.9 Å². The van der Waals surface area contributed by atoms with Crippen LogP contribution in [0.2, 0.25) is 0 Å². The highest BCUT2D eigenvalue weighted by molar-refractivity contribution is 4.92. The average Bonchev–Trinajstić information content (AvgIpc) is 2.61. The maximum absolute atomic E-state index is 5.62. The average molecular weight is 217 g/mol. The summed E-state index contributed by atoms with van der Waals surface area (Å²) in [6.45, 7) is 12.7. The first kappa shape index (κ1) is 14.9. The van der Waals surface area contributed by atoms with Crippen LogP contribution in [0.5, 0.6) is 0 Å². The number of likely N-dealkylation sites (tertiary alicyclic amines) is 1. The lowest BCUT2D eigenvalue weighted by Gasteiger charge is -2.27. The fourth-order valence-corrected chi connectivity index (χ4v) is 1.89. The van der Waals surface area contributed by atoms with Crippen molar-refractivity contribution in [1.82, 2.24) is 4.90 Å². The summed E-state index contributed by atoms with van der Waals surface area (Å²) in [7, 11) is 2.12. The van der Waals surface area contributed by atoms with Gasteiger partial charge in [-0.15, -0.1) is 0 Å². The summed E-state index contributed by atoms with van der Waals surface area (Å²) in [5, 5.41) is 0. The van der Waals surface area contributed by atoms with E-state index >= 15 is 0 Å². The molecule has 0 N–H and O–H groups in total. The molecule has 2 heterocycles. The van der Waals surface area contributed by atoms with Gasteiger partial charge in [-0.25, -0.2) is 0 Å². The molecule has 3 atom stereocenters. The van der Waals surface area contributed by atoms with Crippen LogP contribution in [-0.4, -0.2) is 50.0 Å². The number of nitrogens with zero attached hydrogens (tertiary/aromatic N) is 1. The largest absolute Gasteiger partial charge is 0.372 e. The highest BCUT2D eigenvalue weighted by Crippen LogP contribution is 2.24. The number of likely N-dealkylation sites (N-methyl/N-ethyl adjacent to an activating group) is 1. The number of hydrogen-bond acceptors (Lipinski definition) is 3. The van der Waals surface area contributed by atoms with E-state index in [-0.39, 0.29) is 0 Å². The molecule has 2 aliphatic heterocycles. The van der Waals surface area contributed by atoms with Crippen LogP contribution in [-0.2, 0) is 9.47 Å². The van der Waals surface area contributed by atoms with Crippen molar-refractivity contribution in [2.24, 2.45) is 0 Å². The van der Waals surface area contributed by atoms with Crippen LogP contribution < -0.4 is 0 Å². The summed E-state index contributed by atoms with van der Waals surface area (Å²) < 4.78 is 11.2. The first-order chi connectivity index (χ1) is 7.29. The number of fused-ring (bicyclic) bond motifs is 1. The number of hydrogen-bond donors (Lipinski definition) is 0. The summed E-state index contributed by atoms with van der Waals surface area (Å²) in [5.41, 5.74) is 0. The second-order valence-electron chi connectivity index (χ2n) is 3.42. The maximum Gasteiger partial charge on any atom is 0.100 e. The van der Waals surface area contributed by atoms with Gasteiger partial charge in [0.25, 0.3) is 0 Å². The van der Waals surface area contributed by atoms with Gasteiger partial charge in [-0.2, -0.15) is 0 Å². The van der Waals surface area contributed by atoms with Crippen molar-refractivity contribution < 1.29 is 9.47 Å². The molecule has 0 aromatic rings. The molecule has 2 fully saturated rings. The van der Waals surface area contributed by atoms with Crippen molar-refractivity contribution in [2.75, 3.05) is 26.8 Å². The van der Waals surface area contributed by atoms with E-state index in [1.165, 1.54) is 0 Å². The SMILES string of the molecule is CC.CC.CC1C2OCCOC2CN1C. The molecule has 0 saturated carbocycles. The van der Waals surface area contributed by atoms with Crippen molar-refractivity contribution in [3.63, 3.8) is 0 Å². The number of ether oxygens (including phenoxy) is 2. The van der Waals surface area contributed by atoms with Crippen molar-refractivity contribution in [3.05, 3.63) is 0 Å². The van der Waals surface area contributed by atoms with Gasteiger partial charge in [0.2, 0.25) is 0 Å². The van der Waals surface area contributed by atoms with Gasteiger partial charge in [0.15, 0.2) is 0 Å². The molecule has 3 unspecified atom stereocenters. The third-order valence-electron chi connectivity index (χ3n) is 2.73. The Morgan fingerprint density at radius 3 is 2.07 bits per heavy atom. The standard InChI is InChI=1S/C8H15NO2.2C2H6/c1-6-8-7(5-9(6)2)10-3-4-11-8;2*1-2/h6-8H,3-5H2,1-2H3;2*1-2H3. The predicted octanol–water partition coefficient (Wildman–Crippen LogP) is 2.16. The number of rotatable bonds is 0. The van der Waals surface area contributed by atoms with E-state index in [0.717, 1.165) is 19.8 Å². The molecular weight excluding hydrogens is 190 g/mol. The smallest absolute Gasteiger partial charge is 0.100 e. The van der Waals surface area contributed by atoms with Crippen molar-refractivity contribution >= 4 is 0 Å². The van der Waals surface area contributed by atoms with Crippen LogP contribution in [0, 0.1) is 0 Å². The summed E-state index contributed by atoms with van der Waals surface area (Å²) in [5.74, 6) is 0. The zero-order chi connectivity index (χ0) is 11.8. The molecule has 0 aromatic carbocycles. The summed E-state index contributed by atoms with van der Waals surface area (Å²) >= 11 is 0. The molecule has 0 amide bonds. The van der Waals surface area contributed by atoms with Crippen LogP contribution >= 0.6 is 0 Å². The fourth-order valence-electron chi connectivity index (χ4n) is 1.89. The van der Waals surface area contributed by atoms with Crippen LogP contribution in [0.4, 0.5) is 0 Å². The molecule has 0 radical (unpaired) electrons. The van der Waals surface area contributed by atoms with Gasteiger partial charge in [-0.3, -0.25) is 4.90 Å². The Labute approximate surface area is 94.7 Å². The Morgan fingerprint density at radius 1 is 1.00 bits per heavy atom. The first-order valence-corrected chi connectivity index (χ1v) is 6.22. The Hall–Kier alpha value is -0.120. The molecule has 3 nitrogen and oxygen atoms in total. The van der Waals surface area contributed by atoms with Crippen molar-refractivity contribution in [1.29, 1.82) is 0 Å². The molecular formula is C12H27NO2. The summed E-state index contributed by atoms with van der Waals surface area (Å²) in [6, 6.07) is 0.514. The second-order valence-corrected chi connectivity index (χ2v) is 3.42. The molecule has 92 valence electrons. The topological polar surface area (TPSA) is 21.7 Å². The second kappa shape index (κ2) is 8.08. The van der Waals surface area contributed by atoms with E-state index in [1.54, 1.807) is 0 Å². The van der Waals surface area contributed by atoms with Crippen LogP contribution in [0.15, 0.2) is 0 Å². The zero-order valence-electron chi connectivity index (χ0n) is 11.1. The van der Waals surface area contributed by atoms with Crippen molar-refractivity contribution in [2.45, 2.75) is 52.9 Å². The van der Waals surface area contributed by atoms with E-state index in [0.29, 0.717) is 18.2 Å². The van der Waals surface area contributed by atoms with Crippen LogP contribution in [0.25, 0.3) is 0 Å². The van der Waals surface area contributed by atoms with E-state index < -0.39 is 0 Å². The maximum atomic E-state index is 5.62. The first-order valence-electron chi connectivity index (χ1n) is 6.22. The van der Waals surface area contributed by atoms with Gasteiger partial charge in [-0.1, -0.05) is 27.7 Å². The van der Waals surface area contributed by atoms with Gasteiger partial charge >= 0.3 is 0 Å². The lowest BCUT2D eigenvalue weighted by atomic mass is 10.1. The molecule has 2 saturated heterocycles. The molecule has 2 rings (SSSR count). The van der Waals surface area contributed by atoms with Crippen LogP contribution in [0.3, 0.4) is 0 Å². The fraction of sp³-hybridized carbons (Fsp3) is 1.00. The monoisotopic (exact) mass is 217 g/mol. The van der Waals surface area contributed by atoms with E-state index in [4.69, 9.17) is 9.47 Å². The van der Waals surface area contributed by atoms with Crippen LogP contribution in [0.1, 0.15) is 34.6 Å². The predicted molar refractivity (Wildman–Crippen MR) is 64.3 cm³/mol. The van der Waals surface area contributed by atoms with Gasteiger partial charge in [0.1, 0.15) is 6.10 Å². The Bertz CT molecular complexity index is 153. The molecule has 0 spiro atoms. The van der Waals surface area contributed by atoms with Gasteiger partial charge in [-0.05, 0) is 14.0 Å². The molecule has 15 heavy (non-hydrogen) atoms. The minimum Gasteiger partial charge on any atom is -0.372 e. The molecule has 0 bridgehead atoms. The lowest BCUT2D eigenvalue weighted by Crippen LogP contribution is -2.40. The van der Waals surface area contributed by atoms with Gasteiger partial charge in [0, 0.05) is 12.6 Å². The summed E-state index contributed by atoms with van der Waals surface area (Å²) in [6.07, 6.45) is 0.637. The van der Waals surface area contributed by atoms with E-state index in [9.17, 15) is 0 Å². The van der Waals surface area contributed by atoms with Crippen molar-refractivity contribution in [3.8, 4) is 0 Å². The Balaban J connectivity index is 0.000000442. The summed E-state index contributed by atoms with van der Waals surface area (Å²) in [4.78, 5) is 2.29. The van der Waals surface area contributed by atoms with E-state index in [1.807, 2.05) is 27.7 Å². The normalized spacial score (nSPS) is 34.4. The highest BCUT2D eigenvalue weighted by Gasteiger charge is 2.40. The Morgan fingerprint density at radius 2 is 1.53 bits per heavy atom. The quantitative estimate of drug-likeness (QED) is 0.620. The molecule has 0 aromatic heterocycles. The third kappa shape index (κ3) is 3.74. The lowest BCUT2D eigenvalue weighted by molar-refractivity contribution is -0.124. The van der Waals surface area contributed by atoms with Gasteiger partial charge in [0.05, 0.1) is 19.3 Å². The highest BCUT2D eigenvalue weighted by atomic mass is 16.6. The zero-order valence-corrected chi connectivity index (χ0v) is 11.1. The minimum atomic E-state index is 0.314. The minimum absolute atomic E-state index is 0.314. The third-order valence-corrected chi connectivity index (χ3v) is 2.73. The molecule has 0 aliphatic carbocycles. The molecule has 3 heteroatoms. The molecule has 2 aliphatic rings.